The van der Waals surface area contributed by atoms with Gasteiger partial charge >= 0.3 is 0 Å². The van der Waals surface area contributed by atoms with Gasteiger partial charge in [-0.15, -0.1) is 0 Å². The monoisotopic (exact) mass is 236 g/mol. The van der Waals surface area contributed by atoms with Gasteiger partial charge in [0.05, 0.1) is 0 Å². The molecule has 0 fully saturated rings. The van der Waals surface area contributed by atoms with E-state index in [-0.39, 0.29) is 11.9 Å². The number of rotatable bonds is 5. The Hall–Kier alpha value is -1.62. The third-order valence-electron chi connectivity index (χ3n) is 2.53. The zero-order valence-corrected chi connectivity index (χ0v) is 10.6. The number of carbonyl (C=O) groups excluding carboxylic acids is 1. The number of pyridine rings is 1. The van der Waals surface area contributed by atoms with Crippen molar-refractivity contribution in [3.05, 3.63) is 24.0 Å². The van der Waals surface area contributed by atoms with Gasteiger partial charge in [0.2, 0.25) is 0 Å². The van der Waals surface area contributed by atoms with Crippen LogP contribution in [0.3, 0.4) is 0 Å². The SMILES string of the molecule is CCC(CN)Nc1ccnc(C(=O)N(C)C)c1. The minimum Gasteiger partial charge on any atom is -0.381 e. The molecule has 0 aliphatic rings. The van der Waals surface area contributed by atoms with Crippen molar-refractivity contribution in [3.8, 4) is 0 Å². The average molecular weight is 236 g/mol. The van der Waals surface area contributed by atoms with Crippen molar-refractivity contribution in [2.45, 2.75) is 19.4 Å². The summed E-state index contributed by atoms with van der Waals surface area (Å²) >= 11 is 0. The van der Waals surface area contributed by atoms with E-state index < -0.39 is 0 Å². The predicted octanol–water partition coefficient (Wildman–Crippen LogP) is 0.933. The fraction of sp³-hybridized carbons (Fsp3) is 0.500. The summed E-state index contributed by atoms with van der Waals surface area (Å²) in [6.07, 6.45) is 2.57. The first-order chi connectivity index (χ1) is 8.08. The second-order valence-corrected chi connectivity index (χ2v) is 4.11. The van der Waals surface area contributed by atoms with E-state index >= 15 is 0 Å². The molecule has 1 aromatic heterocycles. The van der Waals surface area contributed by atoms with E-state index in [1.54, 1.807) is 26.4 Å². The molecule has 1 aromatic rings. The predicted molar refractivity (Wildman–Crippen MR) is 69.0 cm³/mol. The summed E-state index contributed by atoms with van der Waals surface area (Å²) in [5.41, 5.74) is 6.94. The zero-order valence-electron chi connectivity index (χ0n) is 10.6. The van der Waals surface area contributed by atoms with Crippen molar-refractivity contribution >= 4 is 11.6 Å². The number of hydrogen-bond acceptors (Lipinski definition) is 4. The minimum absolute atomic E-state index is 0.102. The third-order valence-corrected chi connectivity index (χ3v) is 2.53. The number of nitrogens with one attached hydrogen (secondary N) is 1. The molecule has 1 atom stereocenters. The summed E-state index contributed by atoms with van der Waals surface area (Å²) < 4.78 is 0. The summed E-state index contributed by atoms with van der Waals surface area (Å²) in [6.45, 7) is 2.63. The Morgan fingerprint density at radius 2 is 2.29 bits per heavy atom. The van der Waals surface area contributed by atoms with E-state index in [2.05, 4.69) is 17.2 Å². The van der Waals surface area contributed by atoms with Crippen molar-refractivity contribution < 1.29 is 4.79 Å². The van der Waals surface area contributed by atoms with Gasteiger partial charge in [0.25, 0.3) is 5.91 Å². The molecule has 5 heteroatoms. The molecule has 0 aliphatic heterocycles. The lowest BCUT2D eigenvalue weighted by atomic mass is 10.2. The Bertz CT molecular complexity index is 375. The number of aromatic nitrogens is 1. The highest BCUT2D eigenvalue weighted by molar-refractivity contribution is 5.92. The van der Waals surface area contributed by atoms with Crippen LogP contribution in [0.25, 0.3) is 0 Å². The lowest BCUT2D eigenvalue weighted by Gasteiger charge is -2.17. The van der Waals surface area contributed by atoms with E-state index in [9.17, 15) is 4.79 Å². The van der Waals surface area contributed by atoms with Gasteiger partial charge in [-0.2, -0.15) is 0 Å². The van der Waals surface area contributed by atoms with Gasteiger partial charge in [0.15, 0.2) is 0 Å². The normalized spacial score (nSPS) is 12.0. The quantitative estimate of drug-likeness (QED) is 0.798. The third kappa shape index (κ3) is 3.71. The molecule has 0 saturated carbocycles. The van der Waals surface area contributed by atoms with Gasteiger partial charge in [0.1, 0.15) is 5.69 Å². The maximum Gasteiger partial charge on any atom is 0.272 e. The largest absolute Gasteiger partial charge is 0.381 e. The summed E-state index contributed by atoms with van der Waals surface area (Å²) in [7, 11) is 3.41. The number of nitrogens with zero attached hydrogens (tertiary/aromatic N) is 2. The maximum atomic E-state index is 11.7. The van der Waals surface area contributed by atoms with Gasteiger partial charge < -0.3 is 16.0 Å². The maximum absolute atomic E-state index is 11.7. The number of anilines is 1. The molecule has 1 amide bonds. The second-order valence-electron chi connectivity index (χ2n) is 4.11. The van der Waals surface area contributed by atoms with Crippen molar-refractivity contribution in [2.75, 3.05) is 26.0 Å². The van der Waals surface area contributed by atoms with Gasteiger partial charge in [-0.25, -0.2) is 0 Å². The molecular formula is C12H20N4O. The zero-order chi connectivity index (χ0) is 12.8. The van der Waals surface area contributed by atoms with E-state index in [4.69, 9.17) is 5.73 Å². The molecule has 0 aliphatic carbocycles. The molecule has 3 N–H and O–H groups in total. The van der Waals surface area contributed by atoms with Crippen LogP contribution in [0.5, 0.6) is 0 Å². The molecule has 94 valence electrons. The Morgan fingerprint density at radius 1 is 1.59 bits per heavy atom. The van der Waals surface area contributed by atoms with Gasteiger partial charge in [0, 0.05) is 38.6 Å². The van der Waals surface area contributed by atoms with Crippen LogP contribution in [-0.4, -0.2) is 42.5 Å². The topological polar surface area (TPSA) is 71.2 Å². The van der Waals surface area contributed by atoms with Crippen LogP contribution >= 0.6 is 0 Å². The summed E-state index contributed by atoms with van der Waals surface area (Å²) in [4.78, 5) is 17.3. The summed E-state index contributed by atoms with van der Waals surface area (Å²) in [5, 5.41) is 3.28. The Labute approximate surface area is 102 Å². The van der Waals surface area contributed by atoms with Crippen LogP contribution in [0.4, 0.5) is 5.69 Å². The Morgan fingerprint density at radius 3 is 2.82 bits per heavy atom. The number of hydrogen-bond donors (Lipinski definition) is 2. The highest BCUT2D eigenvalue weighted by Gasteiger charge is 2.11. The fourth-order valence-corrected chi connectivity index (χ4v) is 1.43. The molecule has 0 aromatic carbocycles. The number of carbonyl (C=O) groups is 1. The molecule has 0 saturated heterocycles. The lowest BCUT2D eigenvalue weighted by molar-refractivity contribution is 0.0822. The highest BCUT2D eigenvalue weighted by atomic mass is 16.2. The van der Waals surface area contributed by atoms with Gasteiger partial charge in [-0.05, 0) is 18.6 Å². The van der Waals surface area contributed by atoms with Crippen LogP contribution in [0.2, 0.25) is 0 Å². The molecule has 0 bridgehead atoms. The van der Waals surface area contributed by atoms with Crippen LogP contribution in [0.15, 0.2) is 18.3 Å². The van der Waals surface area contributed by atoms with Crippen LogP contribution in [-0.2, 0) is 0 Å². The Kier molecular flexibility index (Phi) is 4.90. The molecule has 1 rings (SSSR count). The van der Waals surface area contributed by atoms with E-state index in [0.717, 1.165) is 12.1 Å². The van der Waals surface area contributed by atoms with Gasteiger partial charge in [-0.3, -0.25) is 9.78 Å². The van der Waals surface area contributed by atoms with E-state index in [0.29, 0.717) is 12.2 Å². The molecule has 1 unspecified atom stereocenters. The fourth-order valence-electron chi connectivity index (χ4n) is 1.43. The second kappa shape index (κ2) is 6.20. The average Bonchev–Trinajstić information content (AvgIpc) is 2.35. The van der Waals surface area contributed by atoms with Crippen molar-refractivity contribution in [3.63, 3.8) is 0 Å². The lowest BCUT2D eigenvalue weighted by Crippen LogP contribution is -2.28. The highest BCUT2D eigenvalue weighted by Crippen LogP contribution is 2.11. The number of nitrogens with two attached hydrogens (primary N) is 1. The van der Waals surface area contributed by atoms with Crippen LogP contribution in [0.1, 0.15) is 23.8 Å². The molecule has 0 radical (unpaired) electrons. The van der Waals surface area contributed by atoms with Crippen LogP contribution < -0.4 is 11.1 Å². The first-order valence-corrected chi connectivity index (χ1v) is 5.72. The molecule has 17 heavy (non-hydrogen) atoms. The number of amides is 1. The summed E-state index contributed by atoms with van der Waals surface area (Å²) in [6, 6.07) is 3.81. The van der Waals surface area contributed by atoms with E-state index in [1.165, 1.54) is 4.90 Å². The first kappa shape index (κ1) is 13.4. The van der Waals surface area contributed by atoms with Crippen LogP contribution in [0, 0.1) is 0 Å². The standard InChI is InChI=1S/C12H20N4O/c1-4-9(8-13)15-10-5-6-14-11(7-10)12(17)16(2)3/h5-7,9H,4,8,13H2,1-3H3,(H,14,15). The van der Waals surface area contributed by atoms with Crippen molar-refractivity contribution in [1.82, 2.24) is 9.88 Å². The molecular weight excluding hydrogens is 216 g/mol. The van der Waals surface area contributed by atoms with Gasteiger partial charge in [-0.1, -0.05) is 6.92 Å². The molecule has 0 spiro atoms. The molecule has 5 nitrogen and oxygen atoms in total. The first-order valence-electron chi connectivity index (χ1n) is 5.72. The van der Waals surface area contributed by atoms with E-state index in [1.807, 2.05) is 6.07 Å². The van der Waals surface area contributed by atoms with Crippen molar-refractivity contribution in [2.24, 2.45) is 5.73 Å². The summed E-state index contributed by atoms with van der Waals surface area (Å²) in [5.74, 6) is -0.102. The smallest absolute Gasteiger partial charge is 0.272 e. The minimum atomic E-state index is -0.102. The molecule has 1 heterocycles. The Balaban J connectivity index is 2.82. The van der Waals surface area contributed by atoms with Crippen molar-refractivity contribution in [1.29, 1.82) is 0 Å².